The summed E-state index contributed by atoms with van der Waals surface area (Å²) in [5.74, 6) is -1.30. The second-order valence-electron chi connectivity index (χ2n) is 4.92. The van der Waals surface area contributed by atoms with Gasteiger partial charge in [0.1, 0.15) is 0 Å². The van der Waals surface area contributed by atoms with E-state index in [9.17, 15) is 27.9 Å². The van der Waals surface area contributed by atoms with Gasteiger partial charge in [0.15, 0.2) is 17.2 Å². The quantitative estimate of drug-likeness (QED) is 0.876. The van der Waals surface area contributed by atoms with Crippen molar-refractivity contribution < 1.29 is 23.1 Å². The minimum atomic E-state index is -4.47. The SMILES string of the molecule is CC(=O)c1nn(CCc2ccccc2C(F)(F)F)cc(O)c1=O. The molecule has 2 aromatic rings. The Hall–Kier alpha value is -2.64. The Morgan fingerprint density at radius 1 is 1.30 bits per heavy atom. The van der Waals surface area contributed by atoms with E-state index in [4.69, 9.17) is 0 Å². The third-order valence-electron chi connectivity index (χ3n) is 3.21. The predicted octanol–water partition coefficient (Wildman–Crippen LogP) is 2.41. The molecule has 0 aliphatic heterocycles. The molecule has 2 rings (SSSR count). The summed E-state index contributed by atoms with van der Waals surface area (Å²) in [5, 5.41) is 13.3. The van der Waals surface area contributed by atoms with Crippen LogP contribution in [0.15, 0.2) is 35.3 Å². The molecule has 0 spiro atoms. The standard InChI is InChI=1S/C15H13F3N2O3/c1-9(21)13-14(23)12(22)8-20(19-13)7-6-10-4-2-3-5-11(10)15(16,17)18/h2-5,8,22H,6-7H2,1H3. The molecule has 0 atom stereocenters. The van der Waals surface area contributed by atoms with E-state index in [2.05, 4.69) is 5.10 Å². The smallest absolute Gasteiger partial charge is 0.416 e. The van der Waals surface area contributed by atoms with E-state index in [1.165, 1.54) is 18.2 Å². The molecule has 0 bridgehead atoms. The Bertz CT molecular complexity index is 797. The van der Waals surface area contributed by atoms with Gasteiger partial charge in [-0.3, -0.25) is 14.3 Å². The molecule has 0 aliphatic rings. The Morgan fingerprint density at radius 3 is 2.57 bits per heavy atom. The Labute approximate surface area is 129 Å². The first-order chi connectivity index (χ1) is 10.7. The van der Waals surface area contributed by atoms with E-state index < -0.39 is 34.4 Å². The van der Waals surface area contributed by atoms with Crippen LogP contribution in [0.1, 0.15) is 28.5 Å². The molecule has 122 valence electrons. The number of ketones is 1. The number of carbonyl (C=O) groups excluding carboxylic acids is 1. The largest absolute Gasteiger partial charge is 0.503 e. The number of benzene rings is 1. The Morgan fingerprint density at radius 2 is 1.96 bits per heavy atom. The number of hydrogen-bond donors (Lipinski definition) is 1. The monoisotopic (exact) mass is 326 g/mol. The van der Waals surface area contributed by atoms with Gasteiger partial charge in [-0.2, -0.15) is 18.3 Å². The van der Waals surface area contributed by atoms with Crippen molar-refractivity contribution in [2.24, 2.45) is 0 Å². The summed E-state index contributed by atoms with van der Waals surface area (Å²) in [5.41, 5.74) is -2.04. The fourth-order valence-corrected chi connectivity index (χ4v) is 2.12. The molecular formula is C15H13F3N2O3. The summed E-state index contributed by atoms with van der Waals surface area (Å²) in [6, 6.07) is 5.11. The number of aromatic hydroxyl groups is 1. The van der Waals surface area contributed by atoms with E-state index in [1.807, 2.05) is 0 Å². The van der Waals surface area contributed by atoms with Crippen LogP contribution in [0.2, 0.25) is 0 Å². The summed E-state index contributed by atoms with van der Waals surface area (Å²) in [4.78, 5) is 22.8. The maximum absolute atomic E-state index is 12.9. The van der Waals surface area contributed by atoms with Gasteiger partial charge in [-0.05, 0) is 18.1 Å². The van der Waals surface area contributed by atoms with Gasteiger partial charge < -0.3 is 5.11 Å². The summed E-state index contributed by atoms with van der Waals surface area (Å²) in [7, 11) is 0. The van der Waals surface area contributed by atoms with E-state index in [0.717, 1.165) is 23.9 Å². The van der Waals surface area contributed by atoms with Crippen LogP contribution in [-0.4, -0.2) is 20.7 Å². The fraction of sp³-hybridized carbons (Fsp3) is 0.267. The molecule has 0 unspecified atom stereocenters. The second-order valence-corrected chi connectivity index (χ2v) is 4.92. The van der Waals surface area contributed by atoms with Crippen molar-refractivity contribution in [2.75, 3.05) is 0 Å². The minimum Gasteiger partial charge on any atom is -0.503 e. The number of hydrogen-bond acceptors (Lipinski definition) is 4. The lowest BCUT2D eigenvalue weighted by atomic mass is 10.0. The van der Waals surface area contributed by atoms with Crippen LogP contribution < -0.4 is 5.43 Å². The lowest BCUT2D eigenvalue weighted by molar-refractivity contribution is -0.138. The Balaban J connectivity index is 2.29. The highest BCUT2D eigenvalue weighted by atomic mass is 19.4. The molecule has 0 fully saturated rings. The van der Waals surface area contributed by atoms with Crippen LogP contribution >= 0.6 is 0 Å². The number of carbonyl (C=O) groups is 1. The molecule has 8 heteroatoms. The normalized spacial score (nSPS) is 11.5. The summed E-state index contributed by atoms with van der Waals surface area (Å²) >= 11 is 0. The van der Waals surface area contributed by atoms with Gasteiger partial charge in [0.2, 0.25) is 0 Å². The van der Waals surface area contributed by atoms with Crippen molar-refractivity contribution in [1.82, 2.24) is 9.78 Å². The van der Waals surface area contributed by atoms with Crippen molar-refractivity contribution in [3.05, 3.63) is 57.5 Å². The first-order valence-corrected chi connectivity index (χ1v) is 6.67. The highest BCUT2D eigenvalue weighted by molar-refractivity contribution is 5.92. The number of aryl methyl sites for hydroxylation is 2. The number of Topliss-reactive ketones (excluding diaryl/α,β-unsaturated/α-hetero) is 1. The van der Waals surface area contributed by atoms with E-state index in [-0.39, 0.29) is 18.5 Å². The van der Waals surface area contributed by atoms with Gasteiger partial charge in [-0.25, -0.2) is 0 Å². The van der Waals surface area contributed by atoms with Gasteiger partial charge in [0, 0.05) is 13.5 Å². The molecule has 1 aromatic carbocycles. The highest BCUT2D eigenvalue weighted by Crippen LogP contribution is 2.32. The highest BCUT2D eigenvalue weighted by Gasteiger charge is 2.32. The maximum atomic E-state index is 12.9. The van der Waals surface area contributed by atoms with Crippen LogP contribution in [0.25, 0.3) is 0 Å². The molecule has 5 nitrogen and oxygen atoms in total. The van der Waals surface area contributed by atoms with Gasteiger partial charge >= 0.3 is 6.18 Å². The van der Waals surface area contributed by atoms with Crippen molar-refractivity contribution in [2.45, 2.75) is 26.1 Å². The molecule has 1 heterocycles. The lowest BCUT2D eigenvalue weighted by Gasteiger charge is -2.13. The molecular weight excluding hydrogens is 313 g/mol. The third kappa shape index (κ3) is 3.77. The first kappa shape index (κ1) is 16.7. The average Bonchev–Trinajstić information content (AvgIpc) is 2.47. The zero-order chi connectivity index (χ0) is 17.2. The van der Waals surface area contributed by atoms with Crippen molar-refractivity contribution in [3.63, 3.8) is 0 Å². The number of alkyl halides is 3. The van der Waals surface area contributed by atoms with Gasteiger partial charge in [-0.15, -0.1) is 0 Å². The topological polar surface area (TPSA) is 72.2 Å². The molecule has 0 saturated carbocycles. The molecule has 23 heavy (non-hydrogen) atoms. The predicted molar refractivity (Wildman–Crippen MR) is 75.3 cm³/mol. The maximum Gasteiger partial charge on any atom is 0.416 e. The second kappa shape index (κ2) is 6.23. The molecule has 0 aliphatic carbocycles. The van der Waals surface area contributed by atoms with Crippen LogP contribution in [-0.2, 0) is 19.1 Å². The van der Waals surface area contributed by atoms with Gasteiger partial charge in [0.25, 0.3) is 5.43 Å². The molecule has 0 radical (unpaired) electrons. The van der Waals surface area contributed by atoms with Crippen molar-refractivity contribution in [3.8, 4) is 5.75 Å². The average molecular weight is 326 g/mol. The zero-order valence-corrected chi connectivity index (χ0v) is 12.1. The Kier molecular flexibility index (Phi) is 4.53. The summed E-state index contributed by atoms with van der Waals surface area (Å²) in [6.07, 6.45) is -3.51. The van der Waals surface area contributed by atoms with Crippen molar-refractivity contribution in [1.29, 1.82) is 0 Å². The van der Waals surface area contributed by atoms with Gasteiger partial charge in [0.05, 0.1) is 11.8 Å². The number of nitrogens with zero attached hydrogens (tertiary/aromatic N) is 2. The fourth-order valence-electron chi connectivity index (χ4n) is 2.12. The van der Waals surface area contributed by atoms with Crippen LogP contribution in [0.3, 0.4) is 0 Å². The van der Waals surface area contributed by atoms with E-state index in [0.29, 0.717) is 0 Å². The molecule has 1 N–H and O–H groups in total. The van der Waals surface area contributed by atoms with E-state index in [1.54, 1.807) is 0 Å². The minimum absolute atomic E-state index is 0.0255. The van der Waals surface area contributed by atoms with Crippen LogP contribution in [0.4, 0.5) is 13.2 Å². The number of halogens is 3. The van der Waals surface area contributed by atoms with Gasteiger partial charge in [-0.1, -0.05) is 18.2 Å². The summed E-state index contributed by atoms with van der Waals surface area (Å²) < 4.78 is 39.8. The molecule has 0 amide bonds. The van der Waals surface area contributed by atoms with E-state index >= 15 is 0 Å². The first-order valence-electron chi connectivity index (χ1n) is 6.67. The van der Waals surface area contributed by atoms with Crippen molar-refractivity contribution >= 4 is 5.78 Å². The zero-order valence-electron chi connectivity index (χ0n) is 12.1. The van der Waals surface area contributed by atoms with Crippen LogP contribution in [0.5, 0.6) is 5.75 Å². The number of rotatable bonds is 4. The summed E-state index contributed by atoms with van der Waals surface area (Å²) in [6.45, 7) is 1.09. The molecule has 1 aromatic heterocycles. The number of aromatic nitrogens is 2. The molecule has 0 saturated heterocycles. The van der Waals surface area contributed by atoms with Crippen LogP contribution in [0, 0.1) is 0 Å². The lowest BCUT2D eigenvalue weighted by Crippen LogP contribution is -2.21. The third-order valence-corrected chi connectivity index (χ3v) is 3.21.